The van der Waals surface area contributed by atoms with Crippen molar-refractivity contribution in [2.45, 2.75) is 38.8 Å². The number of hydrogen-bond acceptors (Lipinski definition) is 4. The molecule has 0 bridgehead atoms. The second-order valence-electron chi connectivity index (χ2n) is 5.15. The van der Waals surface area contributed by atoms with Gasteiger partial charge in [0.15, 0.2) is 0 Å². The fraction of sp³-hybridized carbons (Fsp3) is 0.615. The summed E-state index contributed by atoms with van der Waals surface area (Å²) in [6.07, 6.45) is 2.25. The number of rotatable bonds is 4. The van der Waals surface area contributed by atoms with Gasteiger partial charge in [0.25, 0.3) is 11.5 Å². The van der Waals surface area contributed by atoms with E-state index in [4.69, 9.17) is 0 Å². The maximum Gasteiger partial charge on any atom is 0.274 e. The van der Waals surface area contributed by atoms with Crippen LogP contribution in [0, 0.1) is 0 Å². The highest BCUT2D eigenvalue weighted by atomic mass is 16.2. The van der Waals surface area contributed by atoms with E-state index in [1.165, 1.54) is 12.1 Å². The van der Waals surface area contributed by atoms with Crippen molar-refractivity contribution >= 4 is 5.91 Å². The van der Waals surface area contributed by atoms with Gasteiger partial charge in [-0.25, -0.2) is 5.10 Å². The number of hydrogen-bond donors (Lipinski definition) is 2. The molecule has 0 aliphatic carbocycles. The number of nitrogens with zero attached hydrogens (tertiary/aromatic N) is 2. The van der Waals surface area contributed by atoms with E-state index in [0.29, 0.717) is 12.6 Å². The van der Waals surface area contributed by atoms with Gasteiger partial charge in [0.1, 0.15) is 5.69 Å². The molecule has 0 aromatic carbocycles. The summed E-state index contributed by atoms with van der Waals surface area (Å²) in [7, 11) is 0. The second-order valence-corrected chi connectivity index (χ2v) is 5.15. The van der Waals surface area contributed by atoms with E-state index in [0.717, 1.165) is 19.4 Å². The molecule has 1 aliphatic rings. The average molecular weight is 264 g/mol. The van der Waals surface area contributed by atoms with Crippen LogP contribution in [0.1, 0.15) is 37.2 Å². The number of aromatic nitrogens is 2. The molecule has 1 atom stereocenters. The Morgan fingerprint density at radius 2 is 2.32 bits per heavy atom. The van der Waals surface area contributed by atoms with Crippen LogP contribution in [0.2, 0.25) is 0 Å². The van der Waals surface area contributed by atoms with Crippen molar-refractivity contribution in [1.29, 1.82) is 0 Å². The van der Waals surface area contributed by atoms with Crippen LogP contribution in [-0.4, -0.2) is 46.2 Å². The summed E-state index contributed by atoms with van der Waals surface area (Å²) in [6.45, 7) is 5.66. The monoisotopic (exact) mass is 264 g/mol. The summed E-state index contributed by atoms with van der Waals surface area (Å²) in [5, 5.41) is 9.49. The van der Waals surface area contributed by atoms with Gasteiger partial charge in [-0.05, 0) is 39.3 Å². The Kier molecular flexibility index (Phi) is 4.31. The third kappa shape index (κ3) is 3.41. The topological polar surface area (TPSA) is 78.1 Å². The normalized spacial score (nSPS) is 18.8. The minimum absolute atomic E-state index is 0.101. The molecule has 19 heavy (non-hydrogen) atoms. The molecule has 0 spiro atoms. The Bertz CT molecular complexity index is 471. The Morgan fingerprint density at radius 1 is 1.53 bits per heavy atom. The van der Waals surface area contributed by atoms with Crippen LogP contribution in [-0.2, 0) is 0 Å². The van der Waals surface area contributed by atoms with Crippen LogP contribution >= 0.6 is 0 Å². The quantitative estimate of drug-likeness (QED) is 0.823. The smallest absolute Gasteiger partial charge is 0.274 e. The first-order chi connectivity index (χ1) is 9.08. The third-order valence-corrected chi connectivity index (χ3v) is 3.36. The SMILES string of the molecule is CC(C)N(CC1CCCN1)C(=O)c1ccc(=O)[nH]n1. The molecule has 1 saturated heterocycles. The van der Waals surface area contributed by atoms with E-state index in [1.54, 1.807) is 4.90 Å². The van der Waals surface area contributed by atoms with Crippen LogP contribution in [0.3, 0.4) is 0 Å². The van der Waals surface area contributed by atoms with Crippen molar-refractivity contribution in [3.8, 4) is 0 Å². The molecule has 1 fully saturated rings. The molecule has 104 valence electrons. The lowest BCUT2D eigenvalue weighted by molar-refractivity contribution is 0.0681. The van der Waals surface area contributed by atoms with Crippen molar-refractivity contribution in [3.63, 3.8) is 0 Å². The lowest BCUT2D eigenvalue weighted by atomic mass is 10.1. The van der Waals surface area contributed by atoms with E-state index in [-0.39, 0.29) is 23.2 Å². The molecule has 2 heterocycles. The predicted molar refractivity (Wildman–Crippen MR) is 72.1 cm³/mol. The van der Waals surface area contributed by atoms with E-state index < -0.39 is 0 Å². The van der Waals surface area contributed by atoms with Gasteiger partial charge in [0, 0.05) is 24.7 Å². The molecular formula is C13H20N4O2. The molecule has 6 nitrogen and oxygen atoms in total. The van der Waals surface area contributed by atoms with Gasteiger partial charge in [0.2, 0.25) is 0 Å². The van der Waals surface area contributed by atoms with Crippen molar-refractivity contribution in [3.05, 3.63) is 28.2 Å². The molecule has 1 aromatic heterocycles. The van der Waals surface area contributed by atoms with E-state index >= 15 is 0 Å². The highest BCUT2D eigenvalue weighted by molar-refractivity contribution is 5.92. The third-order valence-electron chi connectivity index (χ3n) is 3.36. The molecule has 1 amide bonds. The van der Waals surface area contributed by atoms with Gasteiger partial charge in [-0.1, -0.05) is 0 Å². The first kappa shape index (κ1) is 13.7. The van der Waals surface area contributed by atoms with Crippen LogP contribution in [0.25, 0.3) is 0 Å². The maximum absolute atomic E-state index is 12.4. The minimum Gasteiger partial charge on any atom is -0.333 e. The summed E-state index contributed by atoms with van der Waals surface area (Å²) in [5.41, 5.74) is -0.0172. The van der Waals surface area contributed by atoms with Crippen LogP contribution in [0.4, 0.5) is 0 Å². The van der Waals surface area contributed by atoms with Crippen molar-refractivity contribution in [1.82, 2.24) is 20.4 Å². The molecule has 0 saturated carbocycles. The fourth-order valence-corrected chi connectivity index (χ4v) is 2.29. The van der Waals surface area contributed by atoms with E-state index in [9.17, 15) is 9.59 Å². The molecule has 0 radical (unpaired) electrons. The molecule has 1 aliphatic heterocycles. The highest BCUT2D eigenvalue weighted by Crippen LogP contribution is 2.11. The number of amides is 1. The van der Waals surface area contributed by atoms with Crippen molar-refractivity contribution in [2.24, 2.45) is 0 Å². The van der Waals surface area contributed by atoms with Crippen LogP contribution in [0.15, 0.2) is 16.9 Å². The highest BCUT2D eigenvalue weighted by Gasteiger charge is 2.25. The summed E-state index contributed by atoms with van der Waals surface area (Å²) >= 11 is 0. The number of nitrogens with one attached hydrogen (secondary N) is 2. The number of carbonyl (C=O) groups excluding carboxylic acids is 1. The van der Waals surface area contributed by atoms with Gasteiger partial charge in [-0.15, -0.1) is 0 Å². The van der Waals surface area contributed by atoms with Gasteiger partial charge < -0.3 is 10.2 Å². The number of aromatic amines is 1. The summed E-state index contributed by atoms with van der Waals surface area (Å²) in [6, 6.07) is 3.25. The van der Waals surface area contributed by atoms with E-state index in [2.05, 4.69) is 15.5 Å². The number of carbonyl (C=O) groups is 1. The first-order valence-electron chi connectivity index (χ1n) is 6.68. The Hall–Kier alpha value is -1.69. The van der Waals surface area contributed by atoms with Gasteiger partial charge in [-0.2, -0.15) is 5.10 Å². The Morgan fingerprint density at radius 3 is 2.84 bits per heavy atom. The lowest BCUT2D eigenvalue weighted by Crippen LogP contribution is -2.45. The minimum atomic E-state index is -0.301. The standard InChI is InChI=1S/C13H20N4O2/c1-9(2)17(8-10-4-3-7-14-10)13(19)11-5-6-12(18)16-15-11/h5-6,9-10,14H,3-4,7-8H2,1-2H3,(H,16,18). The Labute approximate surface area is 112 Å². The predicted octanol–water partition coefficient (Wildman–Crippen LogP) is 0.373. The van der Waals surface area contributed by atoms with Crippen molar-refractivity contribution < 1.29 is 4.79 Å². The maximum atomic E-state index is 12.4. The van der Waals surface area contributed by atoms with Crippen LogP contribution in [0.5, 0.6) is 0 Å². The lowest BCUT2D eigenvalue weighted by Gasteiger charge is -2.29. The molecular weight excluding hydrogens is 244 g/mol. The fourth-order valence-electron chi connectivity index (χ4n) is 2.29. The molecule has 2 rings (SSSR count). The molecule has 1 aromatic rings. The zero-order valence-corrected chi connectivity index (χ0v) is 11.3. The average Bonchev–Trinajstić information content (AvgIpc) is 2.88. The largest absolute Gasteiger partial charge is 0.333 e. The first-order valence-corrected chi connectivity index (χ1v) is 6.68. The van der Waals surface area contributed by atoms with Gasteiger partial charge >= 0.3 is 0 Å². The van der Waals surface area contributed by atoms with Gasteiger partial charge in [0.05, 0.1) is 0 Å². The second kappa shape index (κ2) is 5.97. The van der Waals surface area contributed by atoms with E-state index in [1.807, 2.05) is 13.8 Å². The Balaban J connectivity index is 2.11. The summed E-state index contributed by atoms with van der Waals surface area (Å²) in [4.78, 5) is 25.2. The molecule has 2 N–H and O–H groups in total. The number of H-pyrrole nitrogens is 1. The van der Waals surface area contributed by atoms with Crippen LogP contribution < -0.4 is 10.9 Å². The zero-order valence-electron chi connectivity index (χ0n) is 11.3. The zero-order chi connectivity index (χ0) is 13.8. The van der Waals surface area contributed by atoms with Gasteiger partial charge in [-0.3, -0.25) is 9.59 Å². The van der Waals surface area contributed by atoms with Crippen molar-refractivity contribution in [2.75, 3.05) is 13.1 Å². The summed E-state index contributed by atoms with van der Waals surface area (Å²) < 4.78 is 0. The summed E-state index contributed by atoms with van der Waals surface area (Å²) in [5.74, 6) is -0.139. The molecule has 1 unspecified atom stereocenters. The molecule has 6 heteroatoms.